The van der Waals surface area contributed by atoms with E-state index in [-0.39, 0.29) is 5.91 Å². The van der Waals surface area contributed by atoms with Gasteiger partial charge in [0.25, 0.3) is 5.91 Å². The quantitative estimate of drug-likeness (QED) is 0.921. The Morgan fingerprint density at radius 3 is 2.86 bits per heavy atom. The summed E-state index contributed by atoms with van der Waals surface area (Å²) in [4.78, 5) is 21.4. The van der Waals surface area contributed by atoms with Gasteiger partial charge in [0, 0.05) is 43.5 Å². The number of anilines is 1. The van der Waals surface area contributed by atoms with E-state index in [9.17, 15) is 4.79 Å². The van der Waals surface area contributed by atoms with Gasteiger partial charge in [0.15, 0.2) is 0 Å². The molecule has 1 aliphatic rings. The van der Waals surface area contributed by atoms with Crippen molar-refractivity contribution in [1.82, 2.24) is 14.8 Å². The Morgan fingerprint density at radius 1 is 1.43 bits per heavy atom. The summed E-state index contributed by atoms with van der Waals surface area (Å²) in [7, 11) is 2.11. The highest BCUT2D eigenvalue weighted by molar-refractivity contribution is 5.95. The standard InChI is InChI=1S/C16H26N4O/c1-5-6-17-15-10-14(9-12(2)18-15)16(21)20-8-7-19(4)13(3)11-20/h9-10,13H,5-8,11H2,1-4H3,(H,17,18). The fourth-order valence-corrected chi connectivity index (χ4v) is 2.55. The number of carbonyl (C=O) groups is 1. The van der Waals surface area contributed by atoms with E-state index < -0.39 is 0 Å². The smallest absolute Gasteiger partial charge is 0.254 e. The molecular weight excluding hydrogens is 264 g/mol. The SMILES string of the molecule is CCCNc1cc(C(=O)N2CCN(C)C(C)C2)cc(C)n1. The molecule has 2 rings (SSSR count). The lowest BCUT2D eigenvalue weighted by Gasteiger charge is -2.37. The molecule has 1 amide bonds. The number of nitrogens with zero attached hydrogens (tertiary/aromatic N) is 3. The van der Waals surface area contributed by atoms with Crippen LogP contribution >= 0.6 is 0 Å². The van der Waals surface area contributed by atoms with E-state index in [1.165, 1.54) is 0 Å². The van der Waals surface area contributed by atoms with Crippen LogP contribution in [0.1, 0.15) is 36.3 Å². The van der Waals surface area contributed by atoms with Crippen LogP contribution < -0.4 is 5.32 Å². The van der Waals surface area contributed by atoms with E-state index in [4.69, 9.17) is 0 Å². The topological polar surface area (TPSA) is 48.5 Å². The van der Waals surface area contributed by atoms with E-state index in [0.717, 1.165) is 49.7 Å². The van der Waals surface area contributed by atoms with Crippen molar-refractivity contribution in [3.63, 3.8) is 0 Å². The van der Waals surface area contributed by atoms with Gasteiger partial charge >= 0.3 is 0 Å². The van der Waals surface area contributed by atoms with Gasteiger partial charge in [-0.2, -0.15) is 0 Å². The average molecular weight is 290 g/mol. The number of rotatable bonds is 4. The van der Waals surface area contributed by atoms with Gasteiger partial charge in [-0.3, -0.25) is 4.79 Å². The first kappa shape index (κ1) is 15.8. The van der Waals surface area contributed by atoms with Crippen LogP contribution in [-0.4, -0.2) is 60.0 Å². The van der Waals surface area contributed by atoms with Crippen LogP contribution in [0.3, 0.4) is 0 Å². The van der Waals surface area contributed by atoms with E-state index in [0.29, 0.717) is 6.04 Å². The molecule has 1 aliphatic heterocycles. The minimum absolute atomic E-state index is 0.111. The normalized spacial score (nSPS) is 19.6. The number of carbonyl (C=O) groups excluding carboxylic acids is 1. The van der Waals surface area contributed by atoms with E-state index >= 15 is 0 Å². The summed E-state index contributed by atoms with van der Waals surface area (Å²) in [5, 5.41) is 3.26. The molecule has 1 aromatic heterocycles. The Morgan fingerprint density at radius 2 is 2.19 bits per heavy atom. The highest BCUT2D eigenvalue weighted by atomic mass is 16.2. The molecule has 1 fully saturated rings. The van der Waals surface area contributed by atoms with Crippen molar-refractivity contribution in [2.75, 3.05) is 38.5 Å². The molecular formula is C16H26N4O. The Hall–Kier alpha value is -1.62. The Kier molecular flexibility index (Phi) is 5.17. The van der Waals surface area contributed by atoms with Crippen LogP contribution in [-0.2, 0) is 0 Å². The Labute approximate surface area is 127 Å². The maximum atomic E-state index is 12.7. The number of aryl methyl sites for hydroxylation is 1. The van der Waals surface area contributed by atoms with Crippen molar-refractivity contribution >= 4 is 11.7 Å². The molecule has 0 spiro atoms. The largest absolute Gasteiger partial charge is 0.370 e. The third-order valence-corrected chi connectivity index (χ3v) is 4.00. The second-order valence-corrected chi connectivity index (χ2v) is 5.89. The van der Waals surface area contributed by atoms with Crippen molar-refractivity contribution in [3.05, 3.63) is 23.4 Å². The number of amides is 1. The highest BCUT2D eigenvalue weighted by Gasteiger charge is 2.25. The third-order valence-electron chi connectivity index (χ3n) is 4.00. The average Bonchev–Trinajstić information content (AvgIpc) is 2.46. The van der Waals surface area contributed by atoms with Crippen molar-refractivity contribution in [1.29, 1.82) is 0 Å². The fourth-order valence-electron chi connectivity index (χ4n) is 2.55. The first-order valence-electron chi connectivity index (χ1n) is 7.73. The Bertz CT molecular complexity index is 503. The number of aromatic nitrogens is 1. The minimum atomic E-state index is 0.111. The van der Waals surface area contributed by atoms with E-state index in [1.54, 1.807) is 0 Å². The van der Waals surface area contributed by atoms with Crippen LogP contribution in [0.25, 0.3) is 0 Å². The predicted molar refractivity (Wildman–Crippen MR) is 85.8 cm³/mol. The summed E-state index contributed by atoms with van der Waals surface area (Å²) in [6, 6.07) is 4.15. The van der Waals surface area contributed by atoms with Crippen LogP contribution in [0.2, 0.25) is 0 Å². The van der Waals surface area contributed by atoms with Gasteiger partial charge in [0.1, 0.15) is 5.82 Å². The molecule has 5 heteroatoms. The molecule has 1 N–H and O–H groups in total. The van der Waals surface area contributed by atoms with Gasteiger partial charge in [-0.15, -0.1) is 0 Å². The molecule has 1 atom stereocenters. The zero-order valence-corrected chi connectivity index (χ0v) is 13.5. The molecule has 5 nitrogen and oxygen atoms in total. The molecule has 0 aliphatic carbocycles. The molecule has 0 radical (unpaired) electrons. The molecule has 1 saturated heterocycles. The lowest BCUT2D eigenvalue weighted by Crippen LogP contribution is -2.52. The van der Waals surface area contributed by atoms with Gasteiger partial charge in [0.2, 0.25) is 0 Å². The molecule has 0 aromatic carbocycles. The number of piperazine rings is 1. The fraction of sp³-hybridized carbons (Fsp3) is 0.625. The molecule has 0 bridgehead atoms. The minimum Gasteiger partial charge on any atom is -0.370 e. The Balaban J connectivity index is 2.13. The lowest BCUT2D eigenvalue weighted by molar-refractivity contribution is 0.0572. The van der Waals surface area contributed by atoms with Gasteiger partial charge < -0.3 is 15.1 Å². The van der Waals surface area contributed by atoms with Gasteiger partial charge in [-0.05, 0) is 39.4 Å². The van der Waals surface area contributed by atoms with Crippen LogP contribution in [0.15, 0.2) is 12.1 Å². The number of hydrogen-bond acceptors (Lipinski definition) is 4. The molecule has 1 aromatic rings. The van der Waals surface area contributed by atoms with Gasteiger partial charge in [0.05, 0.1) is 0 Å². The van der Waals surface area contributed by atoms with Crippen LogP contribution in [0.5, 0.6) is 0 Å². The first-order chi connectivity index (χ1) is 10.0. The second-order valence-electron chi connectivity index (χ2n) is 5.89. The number of pyridine rings is 1. The van der Waals surface area contributed by atoms with Gasteiger partial charge in [-0.25, -0.2) is 4.98 Å². The van der Waals surface area contributed by atoms with Crippen LogP contribution in [0, 0.1) is 6.92 Å². The summed E-state index contributed by atoms with van der Waals surface area (Å²) in [6.07, 6.45) is 1.04. The lowest BCUT2D eigenvalue weighted by atomic mass is 10.1. The molecule has 21 heavy (non-hydrogen) atoms. The number of nitrogens with one attached hydrogen (secondary N) is 1. The van der Waals surface area contributed by atoms with Crippen molar-refractivity contribution in [3.8, 4) is 0 Å². The number of hydrogen-bond donors (Lipinski definition) is 1. The summed E-state index contributed by atoms with van der Waals surface area (Å²) in [5.41, 5.74) is 1.61. The maximum Gasteiger partial charge on any atom is 0.254 e. The van der Waals surface area contributed by atoms with Gasteiger partial charge in [-0.1, -0.05) is 6.92 Å². The van der Waals surface area contributed by atoms with Crippen molar-refractivity contribution in [2.24, 2.45) is 0 Å². The van der Waals surface area contributed by atoms with Crippen molar-refractivity contribution < 1.29 is 4.79 Å². The second kappa shape index (κ2) is 6.89. The van der Waals surface area contributed by atoms with E-state index in [1.807, 2.05) is 24.0 Å². The zero-order valence-electron chi connectivity index (χ0n) is 13.5. The first-order valence-corrected chi connectivity index (χ1v) is 7.73. The predicted octanol–water partition coefficient (Wildman–Crippen LogP) is 1.99. The molecule has 116 valence electrons. The molecule has 1 unspecified atom stereocenters. The summed E-state index contributed by atoms with van der Waals surface area (Å²) in [6.45, 7) is 9.58. The third kappa shape index (κ3) is 3.94. The summed E-state index contributed by atoms with van der Waals surface area (Å²) >= 11 is 0. The summed E-state index contributed by atoms with van der Waals surface area (Å²) < 4.78 is 0. The monoisotopic (exact) mass is 290 g/mol. The summed E-state index contributed by atoms with van der Waals surface area (Å²) in [5.74, 6) is 0.905. The molecule has 0 saturated carbocycles. The molecule has 2 heterocycles. The van der Waals surface area contributed by atoms with Crippen LogP contribution in [0.4, 0.5) is 5.82 Å². The highest BCUT2D eigenvalue weighted by Crippen LogP contribution is 2.15. The zero-order chi connectivity index (χ0) is 15.4. The number of likely N-dealkylation sites (N-methyl/N-ethyl adjacent to an activating group) is 1. The maximum absolute atomic E-state index is 12.7. The van der Waals surface area contributed by atoms with Crippen molar-refractivity contribution in [2.45, 2.75) is 33.2 Å². The van der Waals surface area contributed by atoms with E-state index in [2.05, 4.69) is 36.1 Å².